The number of hydrogen-bond acceptors (Lipinski definition) is 1. The lowest BCUT2D eigenvalue weighted by Crippen LogP contribution is -1.81. The van der Waals surface area contributed by atoms with E-state index in [4.69, 9.17) is 0 Å². The van der Waals surface area contributed by atoms with Gasteiger partial charge in [-0.3, -0.25) is 0 Å². The molecule has 1 heteroatoms. The quantitative estimate of drug-likeness (QED) is 0.370. The van der Waals surface area contributed by atoms with Crippen molar-refractivity contribution in [3.8, 4) is 0 Å². The zero-order valence-electron chi connectivity index (χ0n) is 8.93. The molecule has 0 aliphatic carbocycles. The van der Waals surface area contributed by atoms with Crippen molar-refractivity contribution in [2.75, 3.05) is 0 Å². The third kappa shape index (κ3) is 11.7. The summed E-state index contributed by atoms with van der Waals surface area (Å²) in [4.78, 5) is 10.0. The molecule has 1 nitrogen and oxygen atoms in total. The van der Waals surface area contributed by atoms with Crippen LogP contribution in [-0.4, -0.2) is 6.29 Å². The molecule has 0 aliphatic heterocycles. The summed E-state index contributed by atoms with van der Waals surface area (Å²) in [6.45, 7) is 2.12. The Morgan fingerprint density at radius 2 is 1.23 bits per heavy atom. The minimum Gasteiger partial charge on any atom is -0.303 e. The molecular weight excluding hydrogens is 160 g/mol. The summed E-state index contributed by atoms with van der Waals surface area (Å²) < 4.78 is 0. The fourth-order valence-electron chi connectivity index (χ4n) is 1.46. The normalized spacial score (nSPS) is 10.2. The molecule has 0 saturated heterocycles. The summed E-state index contributed by atoms with van der Waals surface area (Å²) in [6, 6.07) is 0. The summed E-state index contributed by atoms with van der Waals surface area (Å²) in [7, 11) is 0. The Morgan fingerprint density at radius 3 is 1.69 bits per heavy atom. The standard InChI is InChI=1S/C12H23O/c1-2-3-4-5-6-7-8-9-10-11-12-13/h2,12H,3-11H2,1H3. The first-order valence-electron chi connectivity index (χ1n) is 5.63. The van der Waals surface area contributed by atoms with Crippen LogP contribution in [0.25, 0.3) is 0 Å². The van der Waals surface area contributed by atoms with E-state index in [1.54, 1.807) is 0 Å². The molecule has 0 heterocycles. The number of carbonyl (C=O) groups is 1. The average Bonchev–Trinajstić information content (AvgIpc) is 2.16. The van der Waals surface area contributed by atoms with Crippen LogP contribution >= 0.6 is 0 Å². The SMILES string of the molecule is C[CH]CCCCCCCCCC=O. The van der Waals surface area contributed by atoms with Gasteiger partial charge in [-0.15, -0.1) is 0 Å². The van der Waals surface area contributed by atoms with E-state index in [9.17, 15) is 4.79 Å². The van der Waals surface area contributed by atoms with E-state index in [0.29, 0.717) is 0 Å². The molecule has 13 heavy (non-hydrogen) atoms. The van der Waals surface area contributed by atoms with Crippen molar-refractivity contribution >= 4 is 6.29 Å². The Labute approximate surface area is 82.9 Å². The van der Waals surface area contributed by atoms with Gasteiger partial charge in [-0.2, -0.15) is 0 Å². The number of rotatable bonds is 10. The molecule has 0 bridgehead atoms. The molecule has 0 aliphatic rings. The maximum absolute atomic E-state index is 10.0. The van der Waals surface area contributed by atoms with Gasteiger partial charge >= 0.3 is 0 Å². The van der Waals surface area contributed by atoms with Gasteiger partial charge in [-0.1, -0.05) is 51.9 Å². The van der Waals surface area contributed by atoms with Gasteiger partial charge in [0.25, 0.3) is 0 Å². The molecule has 0 aromatic carbocycles. The lowest BCUT2D eigenvalue weighted by atomic mass is 10.1. The second-order valence-corrected chi connectivity index (χ2v) is 3.63. The fourth-order valence-corrected chi connectivity index (χ4v) is 1.46. The van der Waals surface area contributed by atoms with Gasteiger partial charge in [0.05, 0.1) is 0 Å². The van der Waals surface area contributed by atoms with Crippen LogP contribution < -0.4 is 0 Å². The highest BCUT2D eigenvalue weighted by Crippen LogP contribution is 2.09. The monoisotopic (exact) mass is 183 g/mol. The highest BCUT2D eigenvalue weighted by molar-refractivity contribution is 5.48. The van der Waals surface area contributed by atoms with E-state index in [0.717, 1.165) is 19.1 Å². The number of carbonyl (C=O) groups excluding carboxylic acids is 1. The summed E-state index contributed by atoms with van der Waals surface area (Å²) in [5.74, 6) is 0. The van der Waals surface area contributed by atoms with Crippen molar-refractivity contribution < 1.29 is 4.79 Å². The average molecular weight is 183 g/mol. The molecule has 0 amide bonds. The van der Waals surface area contributed by atoms with Crippen LogP contribution in [0.5, 0.6) is 0 Å². The first-order valence-corrected chi connectivity index (χ1v) is 5.63. The van der Waals surface area contributed by atoms with Gasteiger partial charge in [-0.05, 0) is 12.8 Å². The fraction of sp³-hybridized carbons (Fsp3) is 0.833. The third-order valence-corrected chi connectivity index (χ3v) is 2.31. The van der Waals surface area contributed by atoms with E-state index < -0.39 is 0 Å². The number of aldehydes is 1. The summed E-state index contributed by atoms with van der Waals surface area (Å²) in [5, 5.41) is 0. The van der Waals surface area contributed by atoms with Crippen molar-refractivity contribution in [1.29, 1.82) is 0 Å². The lowest BCUT2D eigenvalue weighted by Gasteiger charge is -1.99. The summed E-state index contributed by atoms with van der Waals surface area (Å²) in [6.07, 6.45) is 14.4. The van der Waals surface area contributed by atoms with Gasteiger partial charge in [0, 0.05) is 6.42 Å². The first kappa shape index (κ1) is 12.7. The molecule has 0 atom stereocenters. The van der Waals surface area contributed by atoms with E-state index in [-0.39, 0.29) is 0 Å². The van der Waals surface area contributed by atoms with Gasteiger partial charge in [-0.25, -0.2) is 0 Å². The molecule has 0 unspecified atom stereocenters. The van der Waals surface area contributed by atoms with Crippen LogP contribution in [0.2, 0.25) is 0 Å². The second-order valence-electron chi connectivity index (χ2n) is 3.63. The molecular formula is C12H23O. The van der Waals surface area contributed by atoms with Crippen molar-refractivity contribution in [2.45, 2.75) is 64.7 Å². The number of unbranched alkanes of at least 4 members (excludes halogenated alkanes) is 9. The van der Waals surface area contributed by atoms with Gasteiger partial charge in [0.1, 0.15) is 6.29 Å². The Balaban J connectivity index is 2.79. The Hall–Kier alpha value is -0.330. The Kier molecular flexibility index (Phi) is 11.4. The maximum Gasteiger partial charge on any atom is 0.119 e. The second kappa shape index (κ2) is 11.7. The van der Waals surface area contributed by atoms with E-state index in [1.807, 2.05) is 0 Å². The molecule has 0 spiro atoms. The molecule has 0 saturated carbocycles. The summed E-state index contributed by atoms with van der Waals surface area (Å²) in [5.41, 5.74) is 0. The van der Waals surface area contributed by atoms with Crippen LogP contribution in [0.15, 0.2) is 0 Å². The van der Waals surface area contributed by atoms with Gasteiger partial charge in [0.15, 0.2) is 0 Å². The molecule has 77 valence electrons. The zero-order valence-corrected chi connectivity index (χ0v) is 8.93. The highest BCUT2D eigenvalue weighted by Gasteiger charge is 1.91. The van der Waals surface area contributed by atoms with Crippen molar-refractivity contribution in [2.24, 2.45) is 0 Å². The van der Waals surface area contributed by atoms with E-state index >= 15 is 0 Å². The largest absolute Gasteiger partial charge is 0.303 e. The predicted molar refractivity (Wildman–Crippen MR) is 57.6 cm³/mol. The van der Waals surface area contributed by atoms with E-state index in [2.05, 4.69) is 13.3 Å². The van der Waals surface area contributed by atoms with Crippen molar-refractivity contribution in [3.05, 3.63) is 6.42 Å². The molecule has 0 N–H and O–H groups in total. The highest BCUT2D eigenvalue weighted by atomic mass is 16.1. The molecule has 0 aromatic heterocycles. The topological polar surface area (TPSA) is 17.1 Å². The van der Waals surface area contributed by atoms with Crippen LogP contribution in [-0.2, 0) is 4.79 Å². The number of hydrogen-bond donors (Lipinski definition) is 0. The van der Waals surface area contributed by atoms with Crippen LogP contribution in [0.3, 0.4) is 0 Å². The van der Waals surface area contributed by atoms with E-state index in [1.165, 1.54) is 44.9 Å². The van der Waals surface area contributed by atoms with Crippen LogP contribution in [0.1, 0.15) is 64.7 Å². The predicted octanol–water partition coefficient (Wildman–Crippen LogP) is 3.92. The molecule has 0 rings (SSSR count). The smallest absolute Gasteiger partial charge is 0.119 e. The summed E-state index contributed by atoms with van der Waals surface area (Å²) >= 11 is 0. The van der Waals surface area contributed by atoms with Crippen LogP contribution in [0.4, 0.5) is 0 Å². The Morgan fingerprint density at radius 1 is 0.769 bits per heavy atom. The Bertz CT molecular complexity index is 99.3. The van der Waals surface area contributed by atoms with Gasteiger partial charge < -0.3 is 4.79 Å². The lowest BCUT2D eigenvalue weighted by molar-refractivity contribution is -0.107. The maximum atomic E-state index is 10.0. The molecule has 1 radical (unpaired) electrons. The van der Waals surface area contributed by atoms with Crippen molar-refractivity contribution in [3.63, 3.8) is 0 Å². The van der Waals surface area contributed by atoms with Gasteiger partial charge in [0.2, 0.25) is 0 Å². The molecule has 0 fully saturated rings. The van der Waals surface area contributed by atoms with Crippen LogP contribution in [0, 0.1) is 6.42 Å². The first-order chi connectivity index (χ1) is 6.41. The van der Waals surface area contributed by atoms with Crippen molar-refractivity contribution in [1.82, 2.24) is 0 Å². The zero-order chi connectivity index (χ0) is 9.78. The third-order valence-electron chi connectivity index (χ3n) is 2.31. The molecule has 0 aromatic rings. The minimum absolute atomic E-state index is 0.755. The minimum atomic E-state index is 0.755.